The molecule has 1 aliphatic rings. The summed E-state index contributed by atoms with van der Waals surface area (Å²) >= 11 is 0. The molecule has 0 spiro atoms. The van der Waals surface area contributed by atoms with E-state index in [2.05, 4.69) is 15.4 Å². The second kappa shape index (κ2) is 8.49. The maximum absolute atomic E-state index is 13.8. The molecule has 9 heteroatoms. The molecule has 4 rings (SSSR count). The maximum Gasteiger partial charge on any atom is 0.264 e. The fourth-order valence-corrected chi connectivity index (χ4v) is 3.57. The van der Waals surface area contributed by atoms with Crippen molar-refractivity contribution in [1.82, 2.24) is 20.1 Å². The first-order valence-electron chi connectivity index (χ1n) is 10.1. The number of alkyl halides is 2. The Hall–Kier alpha value is -3.23. The number of pyridine rings is 1. The van der Waals surface area contributed by atoms with Crippen molar-refractivity contribution in [3.63, 3.8) is 0 Å². The maximum atomic E-state index is 13.8. The lowest BCUT2D eigenvalue weighted by Crippen LogP contribution is -2.31. The first-order valence-corrected chi connectivity index (χ1v) is 10.1. The Morgan fingerprint density at radius 2 is 2.00 bits per heavy atom. The third kappa shape index (κ3) is 4.45. The topological polar surface area (TPSA) is 78.3 Å². The van der Waals surface area contributed by atoms with Gasteiger partial charge in [0, 0.05) is 24.6 Å². The number of aromatic nitrogens is 3. The number of hydrogen-bond acceptors (Lipinski definition) is 5. The predicted octanol–water partition coefficient (Wildman–Crippen LogP) is 4.05. The molecule has 0 aliphatic heterocycles. The van der Waals surface area contributed by atoms with Crippen molar-refractivity contribution in [3.8, 4) is 11.6 Å². The molecular formula is C22H24F2N4O3. The molecule has 2 heterocycles. The summed E-state index contributed by atoms with van der Waals surface area (Å²) in [5.41, 5.74) is 1.73. The van der Waals surface area contributed by atoms with Crippen LogP contribution >= 0.6 is 0 Å². The van der Waals surface area contributed by atoms with Gasteiger partial charge in [-0.1, -0.05) is 12.1 Å². The SMILES string of the molecule is COc1ccc(C(C)NC(=O)COc2cc(C(F)F)c3c(C4CC4)nn(C)c3n2)cc1. The van der Waals surface area contributed by atoms with Crippen molar-refractivity contribution >= 4 is 16.9 Å². The van der Waals surface area contributed by atoms with Gasteiger partial charge in [0.15, 0.2) is 12.3 Å². The van der Waals surface area contributed by atoms with Crippen LogP contribution in [-0.2, 0) is 11.8 Å². The highest BCUT2D eigenvalue weighted by molar-refractivity contribution is 5.84. The number of carbonyl (C=O) groups is 1. The van der Waals surface area contributed by atoms with E-state index in [0.29, 0.717) is 16.7 Å². The number of halogens is 2. The highest BCUT2D eigenvalue weighted by atomic mass is 19.3. The quantitative estimate of drug-likeness (QED) is 0.583. The van der Waals surface area contributed by atoms with Crippen LogP contribution in [0, 0.1) is 0 Å². The van der Waals surface area contributed by atoms with Gasteiger partial charge >= 0.3 is 0 Å². The number of benzene rings is 1. The van der Waals surface area contributed by atoms with E-state index in [0.717, 1.165) is 24.2 Å². The number of nitrogens with zero attached hydrogens (tertiary/aromatic N) is 3. The molecule has 1 N–H and O–H groups in total. The van der Waals surface area contributed by atoms with Gasteiger partial charge in [-0.25, -0.2) is 8.78 Å². The summed E-state index contributed by atoms with van der Waals surface area (Å²) in [6.45, 7) is 1.50. The van der Waals surface area contributed by atoms with E-state index in [1.54, 1.807) is 14.2 Å². The van der Waals surface area contributed by atoms with Crippen molar-refractivity contribution in [2.24, 2.45) is 7.05 Å². The first-order chi connectivity index (χ1) is 14.9. The van der Waals surface area contributed by atoms with Crippen LogP contribution in [0.4, 0.5) is 8.78 Å². The number of nitrogens with one attached hydrogen (secondary N) is 1. The van der Waals surface area contributed by atoms with Crippen molar-refractivity contribution in [2.75, 3.05) is 13.7 Å². The first kappa shape index (κ1) is 21.0. The minimum Gasteiger partial charge on any atom is -0.497 e. The second-order valence-corrected chi connectivity index (χ2v) is 7.68. The molecule has 0 radical (unpaired) electrons. The number of rotatable bonds is 8. The Labute approximate surface area is 178 Å². The zero-order valence-corrected chi connectivity index (χ0v) is 17.6. The van der Waals surface area contributed by atoms with Crippen LogP contribution in [0.3, 0.4) is 0 Å². The number of amides is 1. The summed E-state index contributed by atoms with van der Waals surface area (Å²) < 4.78 is 39.6. The van der Waals surface area contributed by atoms with E-state index in [1.165, 1.54) is 10.7 Å². The summed E-state index contributed by atoms with van der Waals surface area (Å²) in [5, 5.41) is 7.61. The largest absolute Gasteiger partial charge is 0.497 e. The summed E-state index contributed by atoms with van der Waals surface area (Å²) in [5.74, 6) is 0.523. The van der Waals surface area contributed by atoms with Crippen LogP contribution in [0.1, 0.15) is 55.0 Å². The van der Waals surface area contributed by atoms with Gasteiger partial charge in [0.1, 0.15) is 5.75 Å². The van der Waals surface area contributed by atoms with Gasteiger partial charge in [0.05, 0.1) is 24.2 Å². The van der Waals surface area contributed by atoms with E-state index in [9.17, 15) is 13.6 Å². The van der Waals surface area contributed by atoms with E-state index in [4.69, 9.17) is 9.47 Å². The Kier molecular flexibility index (Phi) is 5.75. The van der Waals surface area contributed by atoms with Crippen LogP contribution in [0.25, 0.3) is 11.0 Å². The molecule has 1 saturated carbocycles. The monoisotopic (exact) mass is 430 g/mol. The highest BCUT2D eigenvalue weighted by Gasteiger charge is 2.32. The molecule has 0 bridgehead atoms. The van der Waals surface area contributed by atoms with Crippen molar-refractivity contribution in [3.05, 3.63) is 47.2 Å². The molecule has 1 aromatic carbocycles. The fraction of sp³-hybridized carbons (Fsp3) is 0.409. The Morgan fingerprint density at radius 1 is 1.29 bits per heavy atom. The van der Waals surface area contributed by atoms with Crippen molar-refractivity contribution < 1.29 is 23.0 Å². The molecule has 1 fully saturated rings. The molecule has 7 nitrogen and oxygen atoms in total. The van der Waals surface area contributed by atoms with E-state index >= 15 is 0 Å². The molecule has 164 valence electrons. The summed E-state index contributed by atoms with van der Waals surface area (Å²) in [4.78, 5) is 16.6. The van der Waals surface area contributed by atoms with Gasteiger partial charge in [0.2, 0.25) is 5.88 Å². The van der Waals surface area contributed by atoms with Gasteiger partial charge in [0.25, 0.3) is 12.3 Å². The number of carbonyl (C=O) groups excluding carboxylic acids is 1. The van der Waals surface area contributed by atoms with Crippen molar-refractivity contribution in [2.45, 2.75) is 38.2 Å². The van der Waals surface area contributed by atoms with Gasteiger partial charge in [-0.05, 0) is 37.5 Å². The Bertz CT molecular complexity index is 1090. The van der Waals surface area contributed by atoms with E-state index < -0.39 is 6.43 Å². The minimum absolute atomic E-state index is 0.0274. The van der Waals surface area contributed by atoms with E-state index in [1.807, 2.05) is 31.2 Å². The molecule has 1 amide bonds. The molecule has 1 unspecified atom stereocenters. The van der Waals surface area contributed by atoms with Gasteiger partial charge in [-0.15, -0.1) is 0 Å². The normalized spacial score (nSPS) is 14.6. The summed E-state index contributed by atoms with van der Waals surface area (Å²) in [7, 11) is 3.25. The van der Waals surface area contributed by atoms with Gasteiger partial charge < -0.3 is 14.8 Å². The van der Waals surface area contributed by atoms with Gasteiger partial charge in [-0.2, -0.15) is 10.1 Å². The van der Waals surface area contributed by atoms with Crippen LogP contribution < -0.4 is 14.8 Å². The smallest absolute Gasteiger partial charge is 0.264 e. The third-order valence-corrected chi connectivity index (χ3v) is 5.37. The zero-order valence-electron chi connectivity index (χ0n) is 17.6. The highest BCUT2D eigenvalue weighted by Crippen LogP contribution is 2.44. The number of methoxy groups -OCH3 is 1. The molecule has 1 atom stereocenters. The Balaban J connectivity index is 1.47. The molecule has 31 heavy (non-hydrogen) atoms. The Morgan fingerprint density at radius 3 is 2.61 bits per heavy atom. The summed E-state index contributed by atoms with van der Waals surface area (Å²) in [6, 6.07) is 8.28. The molecule has 2 aromatic heterocycles. The summed E-state index contributed by atoms with van der Waals surface area (Å²) in [6.07, 6.45) is -0.808. The average Bonchev–Trinajstić information content (AvgIpc) is 3.55. The lowest BCUT2D eigenvalue weighted by Gasteiger charge is -2.15. The number of aryl methyl sites for hydroxylation is 1. The van der Waals surface area contributed by atoms with Crippen LogP contribution in [0.5, 0.6) is 11.6 Å². The molecule has 0 saturated heterocycles. The minimum atomic E-state index is -2.70. The third-order valence-electron chi connectivity index (χ3n) is 5.37. The lowest BCUT2D eigenvalue weighted by molar-refractivity contribution is -0.123. The van der Waals surface area contributed by atoms with Gasteiger partial charge in [-0.3, -0.25) is 9.48 Å². The van der Waals surface area contributed by atoms with Crippen molar-refractivity contribution in [1.29, 1.82) is 0 Å². The number of fused-ring (bicyclic) bond motifs is 1. The van der Waals surface area contributed by atoms with Crippen LogP contribution in [0.15, 0.2) is 30.3 Å². The second-order valence-electron chi connectivity index (χ2n) is 7.68. The number of ether oxygens (including phenoxy) is 2. The predicted molar refractivity (Wildman–Crippen MR) is 110 cm³/mol. The molecular weight excluding hydrogens is 406 g/mol. The molecule has 3 aromatic rings. The number of hydrogen-bond donors (Lipinski definition) is 1. The lowest BCUT2D eigenvalue weighted by atomic mass is 10.1. The fourth-order valence-electron chi connectivity index (χ4n) is 3.57. The van der Waals surface area contributed by atoms with Crippen LogP contribution in [-0.4, -0.2) is 34.4 Å². The van der Waals surface area contributed by atoms with E-state index in [-0.39, 0.29) is 35.9 Å². The van der Waals surface area contributed by atoms with Crippen LogP contribution in [0.2, 0.25) is 0 Å². The average molecular weight is 430 g/mol. The zero-order chi connectivity index (χ0) is 22.1. The molecule has 1 aliphatic carbocycles. The standard InChI is InChI=1S/C22H24F2N4O3/c1-12(13-6-8-15(30-3)9-7-13)25-17(29)11-31-18-10-16(21(23)24)19-20(14-4-5-14)27-28(2)22(19)26-18/h6-10,12,14,21H,4-5,11H2,1-3H3,(H,25,29).